The molecule has 0 saturated heterocycles. The van der Waals surface area contributed by atoms with E-state index >= 15 is 0 Å². The molecule has 1 aromatic heterocycles. The molecule has 100 valence electrons. The molecule has 0 saturated carbocycles. The zero-order valence-electron chi connectivity index (χ0n) is 9.88. The molecule has 0 aliphatic rings. The van der Waals surface area contributed by atoms with Crippen LogP contribution >= 0.6 is 0 Å². The Morgan fingerprint density at radius 3 is 2.33 bits per heavy atom. The van der Waals surface area contributed by atoms with Gasteiger partial charge in [-0.05, 0) is 26.0 Å². The van der Waals surface area contributed by atoms with E-state index < -0.39 is 23.3 Å². The van der Waals surface area contributed by atoms with Crippen molar-refractivity contribution in [2.24, 2.45) is 5.73 Å². The maximum Gasteiger partial charge on any atom is 0.435 e. The molecule has 0 bridgehead atoms. The van der Waals surface area contributed by atoms with Crippen LogP contribution in [0.1, 0.15) is 26.0 Å². The Labute approximate surface area is 102 Å². The van der Waals surface area contributed by atoms with E-state index in [-0.39, 0.29) is 12.2 Å². The second kappa shape index (κ2) is 4.79. The fraction of sp³-hybridized carbons (Fsp3) is 0.500. The molecular formula is C10H13F3N4O. The number of rotatable bonds is 4. The van der Waals surface area contributed by atoms with Gasteiger partial charge in [-0.2, -0.15) is 13.2 Å². The van der Waals surface area contributed by atoms with Gasteiger partial charge in [0.05, 0.1) is 0 Å². The standard InChI is InChI=1S/C10H13F3N4O/c1-9(2,5-7(14)18)15-8-4-3-6(16-17-8)10(11,12)13/h3-4H,5H2,1-2H3,(H2,14,18)(H,15,17). The first-order chi connectivity index (χ1) is 8.10. The van der Waals surface area contributed by atoms with Gasteiger partial charge in [-0.15, -0.1) is 10.2 Å². The molecule has 0 atom stereocenters. The van der Waals surface area contributed by atoms with E-state index in [0.29, 0.717) is 0 Å². The van der Waals surface area contributed by atoms with Crippen molar-refractivity contribution < 1.29 is 18.0 Å². The normalized spacial score (nSPS) is 12.3. The molecular weight excluding hydrogens is 249 g/mol. The SMILES string of the molecule is CC(C)(CC(N)=O)Nc1ccc(C(F)(F)F)nn1. The van der Waals surface area contributed by atoms with Crippen molar-refractivity contribution in [2.75, 3.05) is 5.32 Å². The molecule has 0 unspecified atom stereocenters. The number of carbonyl (C=O) groups excluding carboxylic acids is 1. The van der Waals surface area contributed by atoms with Gasteiger partial charge in [0.1, 0.15) is 5.82 Å². The van der Waals surface area contributed by atoms with Crippen LogP contribution in [-0.4, -0.2) is 21.6 Å². The van der Waals surface area contributed by atoms with Crippen molar-refractivity contribution in [2.45, 2.75) is 32.0 Å². The first kappa shape index (κ1) is 14.2. The minimum absolute atomic E-state index is 0.0235. The molecule has 1 amide bonds. The number of hydrogen-bond acceptors (Lipinski definition) is 4. The monoisotopic (exact) mass is 262 g/mol. The zero-order valence-corrected chi connectivity index (χ0v) is 9.88. The number of nitrogens with one attached hydrogen (secondary N) is 1. The lowest BCUT2D eigenvalue weighted by Gasteiger charge is -2.25. The molecule has 0 spiro atoms. The molecule has 1 aromatic rings. The third kappa shape index (κ3) is 4.19. The molecule has 18 heavy (non-hydrogen) atoms. The molecule has 0 fully saturated rings. The zero-order chi connectivity index (χ0) is 14.0. The molecule has 0 aliphatic heterocycles. The van der Waals surface area contributed by atoms with Crippen LogP contribution in [0.5, 0.6) is 0 Å². The molecule has 1 heterocycles. The molecule has 0 aliphatic carbocycles. The number of nitrogens with two attached hydrogens (primary N) is 1. The highest BCUT2D eigenvalue weighted by Crippen LogP contribution is 2.27. The Balaban J connectivity index is 2.78. The lowest BCUT2D eigenvalue weighted by Crippen LogP contribution is -2.36. The first-order valence-corrected chi connectivity index (χ1v) is 5.07. The van der Waals surface area contributed by atoms with Crippen LogP contribution < -0.4 is 11.1 Å². The van der Waals surface area contributed by atoms with Gasteiger partial charge < -0.3 is 11.1 Å². The molecule has 3 N–H and O–H groups in total. The second-order valence-corrected chi connectivity index (χ2v) is 4.45. The van der Waals surface area contributed by atoms with E-state index in [2.05, 4.69) is 15.5 Å². The highest BCUT2D eigenvalue weighted by atomic mass is 19.4. The van der Waals surface area contributed by atoms with Crippen molar-refractivity contribution in [1.29, 1.82) is 0 Å². The minimum Gasteiger partial charge on any atom is -0.370 e. The van der Waals surface area contributed by atoms with Gasteiger partial charge in [-0.3, -0.25) is 4.79 Å². The number of halogens is 3. The summed E-state index contributed by atoms with van der Waals surface area (Å²) in [5, 5.41) is 9.25. The third-order valence-electron chi connectivity index (χ3n) is 2.04. The van der Waals surface area contributed by atoms with E-state index in [1.54, 1.807) is 13.8 Å². The number of anilines is 1. The summed E-state index contributed by atoms with van der Waals surface area (Å²) in [4.78, 5) is 10.8. The summed E-state index contributed by atoms with van der Waals surface area (Å²) < 4.78 is 36.7. The van der Waals surface area contributed by atoms with Crippen molar-refractivity contribution >= 4 is 11.7 Å². The van der Waals surface area contributed by atoms with Gasteiger partial charge in [-0.1, -0.05) is 0 Å². The topological polar surface area (TPSA) is 80.9 Å². The number of amides is 1. The van der Waals surface area contributed by atoms with Gasteiger partial charge in [0.15, 0.2) is 5.69 Å². The Kier molecular flexibility index (Phi) is 3.78. The van der Waals surface area contributed by atoms with E-state index in [1.165, 1.54) is 0 Å². The van der Waals surface area contributed by atoms with Crippen LogP contribution in [0.3, 0.4) is 0 Å². The largest absolute Gasteiger partial charge is 0.435 e. The summed E-state index contributed by atoms with van der Waals surface area (Å²) in [7, 11) is 0. The Morgan fingerprint density at radius 2 is 1.94 bits per heavy atom. The van der Waals surface area contributed by atoms with Gasteiger partial charge in [-0.25, -0.2) is 0 Å². The quantitative estimate of drug-likeness (QED) is 0.862. The van der Waals surface area contributed by atoms with Crippen LogP contribution in [0, 0.1) is 0 Å². The van der Waals surface area contributed by atoms with Gasteiger partial charge in [0.25, 0.3) is 0 Å². The minimum atomic E-state index is -4.52. The van der Waals surface area contributed by atoms with Crippen LogP contribution in [-0.2, 0) is 11.0 Å². The second-order valence-electron chi connectivity index (χ2n) is 4.45. The molecule has 0 radical (unpaired) electrons. The summed E-state index contributed by atoms with van der Waals surface area (Å²) >= 11 is 0. The number of nitrogens with zero attached hydrogens (tertiary/aromatic N) is 2. The summed E-state index contributed by atoms with van der Waals surface area (Å²) in [6, 6.07) is 1.97. The molecule has 5 nitrogen and oxygen atoms in total. The lowest BCUT2D eigenvalue weighted by molar-refractivity contribution is -0.141. The Hall–Kier alpha value is -1.86. The summed E-state index contributed by atoms with van der Waals surface area (Å²) in [6.45, 7) is 3.36. The van der Waals surface area contributed by atoms with Crippen molar-refractivity contribution in [3.63, 3.8) is 0 Å². The first-order valence-electron chi connectivity index (χ1n) is 5.07. The molecule has 8 heteroatoms. The number of primary amides is 1. The molecule has 1 rings (SSSR count). The third-order valence-corrected chi connectivity index (χ3v) is 2.04. The van der Waals surface area contributed by atoms with Crippen LogP contribution in [0.4, 0.5) is 19.0 Å². The molecule has 0 aromatic carbocycles. The van der Waals surface area contributed by atoms with Crippen LogP contribution in [0.25, 0.3) is 0 Å². The smallest absolute Gasteiger partial charge is 0.370 e. The van der Waals surface area contributed by atoms with E-state index in [9.17, 15) is 18.0 Å². The van der Waals surface area contributed by atoms with Crippen molar-refractivity contribution in [3.8, 4) is 0 Å². The average molecular weight is 262 g/mol. The van der Waals surface area contributed by atoms with Gasteiger partial charge >= 0.3 is 6.18 Å². The maximum absolute atomic E-state index is 12.2. The highest BCUT2D eigenvalue weighted by molar-refractivity contribution is 5.75. The number of aromatic nitrogens is 2. The number of hydrogen-bond donors (Lipinski definition) is 2. The van der Waals surface area contributed by atoms with Crippen molar-refractivity contribution in [1.82, 2.24) is 10.2 Å². The highest BCUT2D eigenvalue weighted by Gasteiger charge is 2.33. The number of carbonyl (C=O) groups is 1. The van der Waals surface area contributed by atoms with E-state index in [1.807, 2.05) is 0 Å². The summed E-state index contributed by atoms with van der Waals surface area (Å²) in [6.07, 6.45) is -4.50. The average Bonchev–Trinajstić information content (AvgIpc) is 2.13. The van der Waals surface area contributed by atoms with Crippen LogP contribution in [0.15, 0.2) is 12.1 Å². The Morgan fingerprint density at radius 1 is 1.33 bits per heavy atom. The van der Waals surface area contributed by atoms with Gasteiger partial charge in [0.2, 0.25) is 5.91 Å². The van der Waals surface area contributed by atoms with Gasteiger partial charge in [0, 0.05) is 12.0 Å². The Bertz CT molecular complexity index is 428. The summed E-state index contributed by atoms with van der Waals surface area (Å²) in [5.41, 5.74) is 3.27. The maximum atomic E-state index is 12.2. The predicted octanol–water partition coefficient (Wildman–Crippen LogP) is 1.56. The fourth-order valence-electron chi connectivity index (χ4n) is 1.38. The van der Waals surface area contributed by atoms with Crippen LogP contribution in [0.2, 0.25) is 0 Å². The summed E-state index contributed by atoms with van der Waals surface area (Å²) in [5.74, 6) is -0.373. The predicted molar refractivity (Wildman–Crippen MR) is 58.5 cm³/mol. The van der Waals surface area contributed by atoms with Crippen molar-refractivity contribution in [3.05, 3.63) is 17.8 Å². The van der Waals surface area contributed by atoms with E-state index in [0.717, 1.165) is 12.1 Å². The number of alkyl halides is 3. The lowest BCUT2D eigenvalue weighted by atomic mass is 10.0. The van der Waals surface area contributed by atoms with E-state index in [4.69, 9.17) is 5.73 Å². The fourth-order valence-corrected chi connectivity index (χ4v) is 1.38.